The number of halogens is 1. The molecule has 2 aromatic heterocycles. The van der Waals surface area contributed by atoms with Crippen LogP contribution in [0.3, 0.4) is 0 Å². The maximum absolute atomic E-state index is 12.0. The third-order valence-corrected chi connectivity index (χ3v) is 4.59. The van der Waals surface area contributed by atoms with Crippen LogP contribution in [-0.2, 0) is 6.54 Å². The van der Waals surface area contributed by atoms with Crippen LogP contribution in [0.15, 0.2) is 22.9 Å². The Kier molecular flexibility index (Phi) is 2.66. The number of amides is 1. The van der Waals surface area contributed by atoms with E-state index in [1.54, 1.807) is 10.9 Å². The van der Waals surface area contributed by atoms with Crippen LogP contribution in [0.4, 0.5) is 0 Å². The predicted molar refractivity (Wildman–Crippen MR) is 77.5 cm³/mol. The van der Waals surface area contributed by atoms with Gasteiger partial charge in [-0.3, -0.25) is 14.5 Å². The van der Waals surface area contributed by atoms with Crippen LogP contribution >= 0.6 is 15.9 Å². The van der Waals surface area contributed by atoms with Crippen molar-refractivity contribution in [3.8, 4) is 11.3 Å². The summed E-state index contributed by atoms with van der Waals surface area (Å²) in [5.74, 6) is 0.530. The molecule has 0 bridgehead atoms. The van der Waals surface area contributed by atoms with E-state index in [2.05, 4.69) is 31.3 Å². The molecule has 0 saturated heterocycles. The van der Waals surface area contributed by atoms with Gasteiger partial charge in [-0.1, -0.05) is 0 Å². The first-order valence-corrected chi connectivity index (χ1v) is 7.54. The van der Waals surface area contributed by atoms with Gasteiger partial charge in [0.1, 0.15) is 11.4 Å². The predicted octanol–water partition coefficient (Wildman–Crippen LogP) is 2.33. The highest BCUT2D eigenvalue weighted by Gasteiger charge is 2.30. The lowest BCUT2D eigenvalue weighted by molar-refractivity contribution is 0.0923. The highest BCUT2D eigenvalue weighted by Crippen LogP contribution is 2.45. The minimum absolute atomic E-state index is 0.0658. The molecule has 0 atom stereocenters. The van der Waals surface area contributed by atoms with Crippen molar-refractivity contribution in [3.05, 3.63) is 34.2 Å². The molecule has 1 N–H and O–H groups in total. The van der Waals surface area contributed by atoms with E-state index in [1.165, 1.54) is 18.4 Å². The van der Waals surface area contributed by atoms with Crippen molar-refractivity contribution in [1.29, 1.82) is 0 Å². The van der Waals surface area contributed by atoms with Gasteiger partial charge in [0, 0.05) is 24.5 Å². The Labute approximate surface area is 124 Å². The zero-order valence-corrected chi connectivity index (χ0v) is 12.4. The normalized spacial score (nSPS) is 17.8. The van der Waals surface area contributed by atoms with Crippen LogP contribution in [0.5, 0.6) is 0 Å². The summed E-state index contributed by atoms with van der Waals surface area (Å²) in [5, 5.41) is 7.47. The fraction of sp³-hybridized carbons (Fsp3) is 0.357. The van der Waals surface area contributed by atoms with Gasteiger partial charge in [-0.2, -0.15) is 5.10 Å². The van der Waals surface area contributed by atoms with Crippen molar-refractivity contribution in [3.63, 3.8) is 0 Å². The topological polar surface area (TPSA) is 59.8 Å². The summed E-state index contributed by atoms with van der Waals surface area (Å²) >= 11 is 3.55. The first-order chi connectivity index (χ1) is 9.75. The average Bonchev–Trinajstić information content (AvgIpc) is 3.24. The molecule has 2 aromatic rings. The summed E-state index contributed by atoms with van der Waals surface area (Å²) in [4.78, 5) is 16.2. The molecule has 1 aliphatic heterocycles. The minimum atomic E-state index is -0.0658. The van der Waals surface area contributed by atoms with Gasteiger partial charge in [0.2, 0.25) is 0 Å². The summed E-state index contributed by atoms with van der Waals surface area (Å²) in [6.45, 7) is 1.34. The number of nitrogens with one attached hydrogen (secondary N) is 1. The summed E-state index contributed by atoms with van der Waals surface area (Å²) in [7, 11) is 0. The summed E-state index contributed by atoms with van der Waals surface area (Å²) < 4.78 is 2.57. The first kappa shape index (κ1) is 12.1. The summed E-state index contributed by atoms with van der Waals surface area (Å²) in [6, 6.07) is 1.99. The number of carbonyl (C=O) groups excluding carboxylic acids is 1. The molecule has 3 heterocycles. The molecule has 1 aliphatic carbocycles. The van der Waals surface area contributed by atoms with Crippen molar-refractivity contribution in [2.75, 3.05) is 6.54 Å². The highest BCUT2D eigenvalue weighted by molar-refractivity contribution is 9.10. The molecule has 0 spiro atoms. The zero-order chi connectivity index (χ0) is 13.7. The largest absolute Gasteiger partial charge is 0.349 e. The lowest BCUT2D eigenvalue weighted by atomic mass is 10.0. The number of hydrogen-bond donors (Lipinski definition) is 1. The maximum Gasteiger partial charge on any atom is 0.270 e. The van der Waals surface area contributed by atoms with Crippen molar-refractivity contribution in [2.45, 2.75) is 25.3 Å². The summed E-state index contributed by atoms with van der Waals surface area (Å²) in [5.41, 5.74) is 3.79. The second kappa shape index (κ2) is 4.41. The molecule has 20 heavy (non-hydrogen) atoms. The van der Waals surface area contributed by atoms with E-state index in [0.717, 1.165) is 15.7 Å². The molecule has 102 valence electrons. The van der Waals surface area contributed by atoms with E-state index in [9.17, 15) is 4.79 Å². The van der Waals surface area contributed by atoms with Crippen LogP contribution in [-0.4, -0.2) is 27.2 Å². The Morgan fingerprint density at radius 2 is 2.25 bits per heavy atom. The quantitative estimate of drug-likeness (QED) is 0.918. The number of aromatic nitrogens is 3. The van der Waals surface area contributed by atoms with Gasteiger partial charge in [-0.25, -0.2) is 0 Å². The maximum atomic E-state index is 12.0. The third kappa shape index (κ3) is 1.78. The second-order valence-corrected chi connectivity index (χ2v) is 6.02. The van der Waals surface area contributed by atoms with Gasteiger partial charge in [0.05, 0.1) is 11.0 Å². The fourth-order valence-corrected chi connectivity index (χ4v) is 3.37. The number of hydrogen-bond acceptors (Lipinski definition) is 3. The van der Waals surface area contributed by atoms with Crippen LogP contribution in [0.2, 0.25) is 0 Å². The Morgan fingerprint density at radius 1 is 1.40 bits per heavy atom. The number of fused-ring (bicyclic) bond motifs is 1. The fourth-order valence-electron chi connectivity index (χ4n) is 2.69. The van der Waals surface area contributed by atoms with E-state index < -0.39 is 0 Å². The van der Waals surface area contributed by atoms with Crippen molar-refractivity contribution in [2.24, 2.45) is 0 Å². The number of rotatable bonds is 2. The van der Waals surface area contributed by atoms with Crippen molar-refractivity contribution < 1.29 is 4.79 Å². The van der Waals surface area contributed by atoms with Gasteiger partial charge in [-0.05, 0) is 46.3 Å². The molecule has 5 nitrogen and oxygen atoms in total. The molecule has 0 aromatic carbocycles. The zero-order valence-electron chi connectivity index (χ0n) is 10.8. The van der Waals surface area contributed by atoms with Gasteiger partial charge in [0.25, 0.3) is 5.91 Å². The van der Waals surface area contributed by atoms with E-state index in [0.29, 0.717) is 24.7 Å². The Bertz CT molecular complexity index is 705. The number of pyridine rings is 1. The van der Waals surface area contributed by atoms with Gasteiger partial charge in [0.15, 0.2) is 0 Å². The molecular formula is C14H13BrN4O. The van der Waals surface area contributed by atoms with Gasteiger partial charge >= 0.3 is 0 Å². The Hall–Kier alpha value is -1.69. The smallest absolute Gasteiger partial charge is 0.270 e. The van der Waals surface area contributed by atoms with E-state index >= 15 is 0 Å². The number of carbonyl (C=O) groups is 1. The molecule has 1 amide bonds. The molecular weight excluding hydrogens is 320 g/mol. The monoisotopic (exact) mass is 332 g/mol. The van der Waals surface area contributed by atoms with Crippen molar-refractivity contribution in [1.82, 2.24) is 20.1 Å². The molecule has 0 unspecified atom stereocenters. The van der Waals surface area contributed by atoms with E-state index in [-0.39, 0.29) is 5.91 Å². The Balaban J connectivity index is 1.89. The standard InChI is InChI=1S/C14H13BrN4O/c15-11-12(18-19-6-5-17-14(20)13(11)19)9-3-4-16-7-10(9)8-1-2-8/h3-4,7-8H,1-2,5-6H2,(H,17,20). The van der Waals surface area contributed by atoms with Crippen LogP contribution in [0, 0.1) is 0 Å². The second-order valence-electron chi connectivity index (χ2n) is 5.23. The van der Waals surface area contributed by atoms with Crippen LogP contribution in [0.25, 0.3) is 11.3 Å². The molecule has 6 heteroatoms. The molecule has 2 aliphatic rings. The molecule has 1 fully saturated rings. The third-order valence-electron chi connectivity index (χ3n) is 3.84. The lowest BCUT2D eigenvalue weighted by Crippen LogP contribution is -2.35. The summed E-state index contributed by atoms with van der Waals surface area (Å²) in [6.07, 6.45) is 6.14. The molecule has 0 radical (unpaired) electrons. The lowest BCUT2D eigenvalue weighted by Gasteiger charge is -2.13. The Morgan fingerprint density at radius 3 is 3.00 bits per heavy atom. The van der Waals surface area contributed by atoms with E-state index in [4.69, 9.17) is 0 Å². The van der Waals surface area contributed by atoms with Crippen molar-refractivity contribution >= 4 is 21.8 Å². The van der Waals surface area contributed by atoms with Gasteiger partial charge < -0.3 is 5.32 Å². The van der Waals surface area contributed by atoms with E-state index in [1.807, 2.05) is 12.3 Å². The average molecular weight is 333 g/mol. The molecule has 4 rings (SSSR count). The first-order valence-electron chi connectivity index (χ1n) is 6.74. The van der Waals surface area contributed by atoms with Gasteiger partial charge in [-0.15, -0.1) is 0 Å². The molecule has 1 saturated carbocycles. The van der Waals surface area contributed by atoms with Crippen LogP contribution in [0.1, 0.15) is 34.8 Å². The minimum Gasteiger partial charge on any atom is -0.349 e. The van der Waals surface area contributed by atoms with Crippen LogP contribution < -0.4 is 5.32 Å². The highest BCUT2D eigenvalue weighted by atomic mass is 79.9. The number of nitrogens with zero attached hydrogens (tertiary/aromatic N) is 3. The SMILES string of the molecule is O=C1NCCn2nc(-c3ccncc3C3CC3)c(Br)c21.